The molecule has 4 nitrogen and oxygen atoms in total. The van der Waals surface area contributed by atoms with Gasteiger partial charge >= 0.3 is 0 Å². The molecule has 1 aliphatic heterocycles. The first-order valence-electron chi connectivity index (χ1n) is 7.18. The number of hydrogen-bond donors (Lipinski definition) is 0. The molecule has 0 spiro atoms. The maximum atomic E-state index is 13.3. The smallest absolute Gasteiger partial charge is 0.242 e. The Balaban J connectivity index is 2.00. The third-order valence-electron chi connectivity index (χ3n) is 3.78. The Hall–Kier alpha value is -1.91. The van der Waals surface area contributed by atoms with Crippen LogP contribution in [-0.2, 0) is 22.6 Å². The Morgan fingerprint density at radius 3 is 2.71 bits per heavy atom. The van der Waals surface area contributed by atoms with Crippen LogP contribution >= 0.6 is 0 Å². The average molecular weight is 292 g/mol. The normalized spacial score (nSPS) is 14.0. The van der Waals surface area contributed by atoms with Crippen molar-refractivity contribution in [3.8, 4) is 0 Å². The highest BCUT2D eigenvalue weighted by Gasteiger charge is 2.23. The van der Waals surface area contributed by atoms with Gasteiger partial charge in [-0.05, 0) is 29.7 Å². The molecule has 0 atom stereocenters. The first-order valence-corrected chi connectivity index (χ1v) is 7.18. The van der Waals surface area contributed by atoms with Crippen LogP contribution in [0, 0.1) is 11.7 Å². The van der Waals surface area contributed by atoms with Gasteiger partial charge in [0.1, 0.15) is 5.82 Å². The van der Waals surface area contributed by atoms with Gasteiger partial charge in [0.15, 0.2) is 0 Å². The highest BCUT2D eigenvalue weighted by molar-refractivity contribution is 5.85. The molecule has 0 aliphatic carbocycles. The molecule has 0 saturated heterocycles. The summed E-state index contributed by atoms with van der Waals surface area (Å²) < 4.78 is 13.3. The lowest BCUT2D eigenvalue weighted by Crippen LogP contribution is -2.44. The summed E-state index contributed by atoms with van der Waals surface area (Å²) in [5, 5.41) is 0. The third kappa shape index (κ3) is 3.60. The molecular formula is C16H21FN2O2. The number of hydrogen-bond acceptors (Lipinski definition) is 2. The molecule has 114 valence electrons. The van der Waals surface area contributed by atoms with Crippen LogP contribution in [0.2, 0.25) is 0 Å². The van der Waals surface area contributed by atoms with Crippen molar-refractivity contribution < 1.29 is 14.0 Å². The maximum absolute atomic E-state index is 13.3. The van der Waals surface area contributed by atoms with Crippen molar-refractivity contribution in [3.63, 3.8) is 0 Å². The predicted octanol–water partition coefficient (Wildman–Crippen LogP) is 1.82. The van der Waals surface area contributed by atoms with Gasteiger partial charge < -0.3 is 9.80 Å². The van der Waals surface area contributed by atoms with Gasteiger partial charge in [-0.2, -0.15) is 0 Å². The molecule has 1 aromatic rings. The minimum Gasteiger partial charge on any atom is -0.336 e. The molecule has 1 heterocycles. The van der Waals surface area contributed by atoms with E-state index in [0.29, 0.717) is 13.1 Å². The van der Waals surface area contributed by atoms with Gasteiger partial charge in [-0.15, -0.1) is 0 Å². The maximum Gasteiger partial charge on any atom is 0.242 e. The van der Waals surface area contributed by atoms with Crippen LogP contribution in [-0.4, -0.2) is 41.8 Å². The zero-order valence-electron chi connectivity index (χ0n) is 12.7. The Morgan fingerprint density at radius 2 is 2.05 bits per heavy atom. The molecule has 1 aromatic carbocycles. The summed E-state index contributed by atoms with van der Waals surface area (Å²) in [6.07, 6.45) is 0.725. The van der Waals surface area contributed by atoms with Crippen LogP contribution in [0.4, 0.5) is 4.39 Å². The van der Waals surface area contributed by atoms with Crippen molar-refractivity contribution in [2.45, 2.75) is 26.8 Å². The summed E-state index contributed by atoms with van der Waals surface area (Å²) in [6.45, 7) is 4.71. The van der Waals surface area contributed by atoms with E-state index in [4.69, 9.17) is 0 Å². The van der Waals surface area contributed by atoms with Gasteiger partial charge in [0, 0.05) is 26.1 Å². The minimum absolute atomic E-state index is 0.0493. The molecule has 21 heavy (non-hydrogen) atoms. The van der Waals surface area contributed by atoms with Gasteiger partial charge in [-0.25, -0.2) is 4.39 Å². The molecule has 0 bridgehead atoms. The predicted molar refractivity (Wildman–Crippen MR) is 78.0 cm³/mol. The zero-order valence-corrected chi connectivity index (χ0v) is 12.7. The Labute approximate surface area is 124 Å². The van der Waals surface area contributed by atoms with Gasteiger partial charge in [0.25, 0.3) is 0 Å². The van der Waals surface area contributed by atoms with Crippen LogP contribution < -0.4 is 0 Å². The van der Waals surface area contributed by atoms with E-state index in [1.54, 1.807) is 18.0 Å². The molecule has 2 rings (SSSR count). The summed E-state index contributed by atoms with van der Waals surface area (Å²) in [5.74, 6) is -0.553. The molecule has 1 aliphatic rings. The second kappa shape index (κ2) is 6.24. The lowest BCUT2D eigenvalue weighted by atomic mass is 9.99. The second-order valence-corrected chi connectivity index (χ2v) is 5.83. The van der Waals surface area contributed by atoms with Crippen LogP contribution in [0.3, 0.4) is 0 Å². The Kier molecular flexibility index (Phi) is 4.60. The van der Waals surface area contributed by atoms with Crippen molar-refractivity contribution in [1.29, 1.82) is 0 Å². The summed E-state index contributed by atoms with van der Waals surface area (Å²) >= 11 is 0. The van der Waals surface area contributed by atoms with Crippen molar-refractivity contribution in [3.05, 3.63) is 35.1 Å². The van der Waals surface area contributed by atoms with Crippen LogP contribution in [0.1, 0.15) is 25.0 Å². The zero-order chi connectivity index (χ0) is 15.6. The van der Waals surface area contributed by atoms with E-state index in [2.05, 4.69) is 0 Å². The lowest BCUT2D eigenvalue weighted by molar-refractivity contribution is -0.141. The summed E-state index contributed by atoms with van der Waals surface area (Å²) in [5.41, 5.74) is 1.94. The van der Waals surface area contributed by atoms with Crippen LogP contribution in [0.25, 0.3) is 0 Å². The minimum atomic E-state index is -0.282. The van der Waals surface area contributed by atoms with E-state index >= 15 is 0 Å². The quantitative estimate of drug-likeness (QED) is 0.852. The van der Waals surface area contributed by atoms with Gasteiger partial charge in [-0.3, -0.25) is 9.59 Å². The Morgan fingerprint density at radius 1 is 1.33 bits per heavy atom. The number of carbonyl (C=O) groups excluding carboxylic acids is 2. The molecule has 0 saturated carbocycles. The molecule has 2 amide bonds. The Bertz CT molecular complexity index is 557. The van der Waals surface area contributed by atoms with E-state index in [1.165, 1.54) is 17.0 Å². The van der Waals surface area contributed by atoms with Crippen molar-refractivity contribution in [2.24, 2.45) is 5.92 Å². The molecular weight excluding hydrogens is 271 g/mol. The van der Waals surface area contributed by atoms with E-state index in [0.717, 1.165) is 17.5 Å². The van der Waals surface area contributed by atoms with Crippen molar-refractivity contribution in [2.75, 3.05) is 20.1 Å². The van der Waals surface area contributed by atoms with Crippen molar-refractivity contribution >= 4 is 11.8 Å². The van der Waals surface area contributed by atoms with Gasteiger partial charge in [-0.1, -0.05) is 19.9 Å². The van der Waals surface area contributed by atoms with Crippen LogP contribution in [0.15, 0.2) is 18.2 Å². The number of halogens is 1. The number of likely N-dealkylation sites (N-methyl/N-ethyl adjacent to an activating group) is 1. The van der Waals surface area contributed by atoms with E-state index in [9.17, 15) is 14.0 Å². The topological polar surface area (TPSA) is 40.6 Å². The molecule has 0 aromatic heterocycles. The molecule has 0 N–H and O–H groups in total. The first kappa shape index (κ1) is 15.5. The third-order valence-corrected chi connectivity index (χ3v) is 3.78. The van der Waals surface area contributed by atoms with Crippen molar-refractivity contribution in [1.82, 2.24) is 9.80 Å². The highest BCUT2D eigenvalue weighted by atomic mass is 19.1. The fourth-order valence-electron chi connectivity index (χ4n) is 2.56. The lowest BCUT2D eigenvalue weighted by Gasteiger charge is -2.30. The monoisotopic (exact) mass is 292 g/mol. The number of amides is 2. The number of rotatable bonds is 3. The number of nitrogens with zero attached hydrogens (tertiary/aromatic N) is 2. The number of fused-ring (bicyclic) bond motifs is 1. The van der Waals surface area contributed by atoms with Crippen LogP contribution in [0.5, 0.6) is 0 Å². The largest absolute Gasteiger partial charge is 0.336 e. The average Bonchev–Trinajstić information content (AvgIpc) is 2.45. The van der Waals surface area contributed by atoms with E-state index in [-0.39, 0.29) is 30.1 Å². The summed E-state index contributed by atoms with van der Waals surface area (Å²) in [6, 6.07) is 4.71. The fraction of sp³-hybridized carbons (Fsp3) is 0.500. The fourth-order valence-corrected chi connectivity index (χ4v) is 2.56. The van der Waals surface area contributed by atoms with Gasteiger partial charge in [0.05, 0.1) is 6.54 Å². The van der Waals surface area contributed by atoms with E-state index in [1.807, 2.05) is 13.8 Å². The summed E-state index contributed by atoms with van der Waals surface area (Å²) in [4.78, 5) is 27.2. The SMILES string of the molecule is CC(C)C(=O)N(C)CC(=O)N1CCc2ccc(F)cc2C1. The van der Waals surface area contributed by atoms with Gasteiger partial charge in [0.2, 0.25) is 11.8 Å². The molecule has 5 heteroatoms. The highest BCUT2D eigenvalue weighted by Crippen LogP contribution is 2.20. The number of benzene rings is 1. The molecule has 0 unspecified atom stereocenters. The first-order chi connectivity index (χ1) is 9.88. The molecule has 0 radical (unpaired) electrons. The van der Waals surface area contributed by atoms with E-state index < -0.39 is 0 Å². The molecule has 0 fully saturated rings. The summed E-state index contributed by atoms with van der Waals surface area (Å²) in [7, 11) is 1.64. The second-order valence-electron chi connectivity index (χ2n) is 5.83. The number of carbonyl (C=O) groups is 2. The standard InChI is InChI=1S/C16H21FN2O2/c1-11(2)16(21)18(3)10-15(20)19-7-6-12-4-5-14(17)8-13(12)9-19/h4-5,8,11H,6-7,9-10H2,1-3H3.